The summed E-state index contributed by atoms with van der Waals surface area (Å²) < 4.78 is 4.74. The number of pyridine rings is 1. The molecule has 0 spiro atoms. The van der Waals surface area contributed by atoms with Crippen LogP contribution < -0.4 is 0 Å². The maximum absolute atomic E-state index is 11.0. The molecule has 5 nitrogen and oxygen atoms in total. The first-order valence-electron chi connectivity index (χ1n) is 4.75. The molecule has 17 heavy (non-hydrogen) atoms. The molecule has 0 aliphatic heterocycles. The van der Waals surface area contributed by atoms with Crippen LogP contribution in [-0.2, 0) is 0 Å². The van der Waals surface area contributed by atoms with E-state index >= 15 is 0 Å². The van der Waals surface area contributed by atoms with Crippen molar-refractivity contribution < 1.29 is 9.90 Å². The number of nitrogens with zero attached hydrogens (tertiary/aromatic N) is 3. The summed E-state index contributed by atoms with van der Waals surface area (Å²) >= 11 is 2.47. The zero-order valence-corrected chi connectivity index (χ0v) is 10.8. The van der Waals surface area contributed by atoms with E-state index in [1.165, 1.54) is 23.3 Å². The third kappa shape index (κ3) is 2.80. The van der Waals surface area contributed by atoms with Crippen molar-refractivity contribution >= 4 is 29.3 Å². The zero-order chi connectivity index (χ0) is 12.4. The van der Waals surface area contributed by atoms with Crippen LogP contribution in [0.15, 0.2) is 21.5 Å². The number of hydrogen-bond acceptors (Lipinski definition) is 6. The summed E-state index contributed by atoms with van der Waals surface area (Å²) in [5.41, 5.74) is 0.965. The molecule has 2 heterocycles. The summed E-state index contributed by atoms with van der Waals surface area (Å²) in [7, 11) is 0. The lowest BCUT2D eigenvalue weighted by atomic mass is 10.2. The lowest BCUT2D eigenvalue weighted by Crippen LogP contribution is -2.01. The zero-order valence-electron chi connectivity index (χ0n) is 9.17. The highest BCUT2D eigenvalue weighted by atomic mass is 32.2. The minimum Gasteiger partial charge on any atom is -0.478 e. The van der Waals surface area contributed by atoms with Crippen LogP contribution in [0.25, 0.3) is 0 Å². The van der Waals surface area contributed by atoms with Crippen molar-refractivity contribution in [3.05, 3.63) is 29.2 Å². The second kappa shape index (κ2) is 4.80. The van der Waals surface area contributed by atoms with Gasteiger partial charge in [0, 0.05) is 5.69 Å². The summed E-state index contributed by atoms with van der Waals surface area (Å²) in [6.45, 7) is 3.61. The normalized spacial score (nSPS) is 10.5. The van der Waals surface area contributed by atoms with Crippen LogP contribution in [0.4, 0.5) is 0 Å². The molecule has 2 aromatic heterocycles. The number of carboxylic acid groups (broad SMARTS) is 1. The number of aryl methyl sites for hydroxylation is 2. The molecule has 0 amide bonds. The smallest absolute Gasteiger partial charge is 0.338 e. The Kier molecular flexibility index (Phi) is 3.39. The Bertz CT molecular complexity index is 568. The Morgan fingerprint density at radius 1 is 1.35 bits per heavy atom. The monoisotopic (exact) mass is 267 g/mol. The molecular weight excluding hydrogens is 258 g/mol. The van der Waals surface area contributed by atoms with E-state index in [0.29, 0.717) is 15.2 Å². The van der Waals surface area contributed by atoms with Gasteiger partial charge in [0.2, 0.25) is 0 Å². The molecule has 2 rings (SSSR count). The van der Waals surface area contributed by atoms with Crippen LogP contribution in [-0.4, -0.2) is 25.4 Å². The summed E-state index contributed by atoms with van der Waals surface area (Å²) in [6.07, 6.45) is 0. The number of aromatic carboxylic acids is 1. The third-order valence-corrected chi connectivity index (χ3v) is 3.77. The molecule has 0 aliphatic carbocycles. The SMILES string of the molecule is Cc1ccc(C(=O)O)c(Sc2nc(C)ns2)n1. The minimum absolute atomic E-state index is 0.188. The Balaban J connectivity index is 2.37. The van der Waals surface area contributed by atoms with Gasteiger partial charge >= 0.3 is 5.97 Å². The molecule has 0 bridgehead atoms. The van der Waals surface area contributed by atoms with Crippen molar-refractivity contribution in [1.82, 2.24) is 14.3 Å². The van der Waals surface area contributed by atoms with Crippen molar-refractivity contribution in [2.45, 2.75) is 23.2 Å². The van der Waals surface area contributed by atoms with Crippen LogP contribution in [0.5, 0.6) is 0 Å². The second-order valence-electron chi connectivity index (χ2n) is 3.32. The highest BCUT2D eigenvalue weighted by molar-refractivity contribution is 8.01. The fourth-order valence-corrected chi connectivity index (χ4v) is 2.90. The van der Waals surface area contributed by atoms with Gasteiger partial charge in [-0.05, 0) is 49.3 Å². The van der Waals surface area contributed by atoms with Crippen molar-refractivity contribution in [3.8, 4) is 0 Å². The molecular formula is C10H9N3O2S2. The Labute approximate surface area is 106 Å². The van der Waals surface area contributed by atoms with Crippen LogP contribution >= 0.6 is 23.3 Å². The van der Waals surface area contributed by atoms with E-state index in [1.807, 2.05) is 6.92 Å². The molecule has 0 radical (unpaired) electrons. The van der Waals surface area contributed by atoms with E-state index in [9.17, 15) is 4.79 Å². The summed E-state index contributed by atoms with van der Waals surface area (Å²) in [5, 5.41) is 9.51. The Morgan fingerprint density at radius 2 is 2.12 bits per heavy atom. The third-order valence-electron chi connectivity index (χ3n) is 1.92. The molecule has 2 aromatic rings. The summed E-state index contributed by atoms with van der Waals surface area (Å²) in [4.78, 5) is 19.4. The average Bonchev–Trinajstić information content (AvgIpc) is 2.63. The maximum atomic E-state index is 11.0. The summed E-state index contributed by atoms with van der Waals surface area (Å²) in [5.74, 6) is -0.303. The lowest BCUT2D eigenvalue weighted by molar-refractivity contribution is 0.0692. The largest absolute Gasteiger partial charge is 0.478 e. The van der Waals surface area contributed by atoms with Crippen molar-refractivity contribution in [1.29, 1.82) is 0 Å². The predicted octanol–water partition coefficient (Wildman–Crippen LogP) is 2.40. The minimum atomic E-state index is -0.985. The van der Waals surface area contributed by atoms with E-state index in [2.05, 4.69) is 14.3 Å². The van der Waals surface area contributed by atoms with Crippen molar-refractivity contribution in [2.75, 3.05) is 0 Å². The predicted molar refractivity (Wildman–Crippen MR) is 64.7 cm³/mol. The second-order valence-corrected chi connectivity index (χ2v) is 5.31. The number of aromatic nitrogens is 3. The van der Waals surface area contributed by atoms with Gasteiger partial charge in [-0.25, -0.2) is 14.8 Å². The van der Waals surface area contributed by atoms with Gasteiger partial charge in [-0.1, -0.05) is 0 Å². The molecule has 0 atom stereocenters. The van der Waals surface area contributed by atoms with Crippen LogP contribution in [0.3, 0.4) is 0 Å². The van der Waals surface area contributed by atoms with E-state index in [0.717, 1.165) is 5.69 Å². The Morgan fingerprint density at radius 3 is 2.71 bits per heavy atom. The van der Waals surface area contributed by atoms with Gasteiger partial charge in [-0.2, -0.15) is 4.37 Å². The van der Waals surface area contributed by atoms with Crippen LogP contribution in [0.1, 0.15) is 21.9 Å². The molecule has 88 valence electrons. The molecule has 0 saturated heterocycles. The Hall–Kier alpha value is -1.47. The summed E-state index contributed by atoms with van der Waals surface area (Å²) in [6, 6.07) is 3.24. The fraction of sp³-hybridized carbons (Fsp3) is 0.200. The highest BCUT2D eigenvalue weighted by Gasteiger charge is 2.14. The van der Waals surface area contributed by atoms with Crippen molar-refractivity contribution in [2.24, 2.45) is 0 Å². The first-order valence-corrected chi connectivity index (χ1v) is 6.34. The van der Waals surface area contributed by atoms with Gasteiger partial charge in [0.15, 0.2) is 4.34 Å². The van der Waals surface area contributed by atoms with Crippen LogP contribution in [0.2, 0.25) is 0 Å². The van der Waals surface area contributed by atoms with Crippen LogP contribution in [0, 0.1) is 13.8 Å². The molecule has 0 aliphatic rings. The van der Waals surface area contributed by atoms with Crippen molar-refractivity contribution in [3.63, 3.8) is 0 Å². The van der Waals surface area contributed by atoms with Gasteiger partial charge in [-0.3, -0.25) is 0 Å². The van der Waals surface area contributed by atoms with E-state index in [-0.39, 0.29) is 5.56 Å². The molecule has 0 saturated carbocycles. The number of carboxylic acids is 1. The van der Waals surface area contributed by atoms with E-state index in [4.69, 9.17) is 5.11 Å². The van der Waals surface area contributed by atoms with Gasteiger partial charge in [0.1, 0.15) is 10.9 Å². The number of rotatable bonds is 3. The quantitative estimate of drug-likeness (QED) is 0.920. The highest BCUT2D eigenvalue weighted by Crippen LogP contribution is 2.30. The first kappa shape index (κ1) is 12.0. The van der Waals surface area contributed by atoms with Gasteiger partial charge in [-0.15, -0.1) is 0 Å². The topological polar surface area (TPSA) is 76.0 Å². The molecule has 0 aromatic carbocycles. The fourth-order valence-electron chi connectivity index (χ4n) is 1.18. The standard InChI is InChI=1S/C10H9N3O2S2/c1-5-3-4-7(9(14)15)8(11-5)16-10-12-6(2)13-17-10/h3-4H,1-2H3,(H,14,15). The van der Waals surface area contributed by atoms with E-state index < -0.39 is 5.97 Å². The number of carbonyl (C=O) groups is 1. The average molecular weight is 267 g/mol. The molecule has 7 heteroatoms. The molecule has 0 unspecified atom stereocenters. The molecule has 0 fully saturated rings. The van der Waals surface area contributed by atoms with Gasteiger partial charge in [0.05, 0.1) is 5.56 Å². The van der Waals surface area contributed by atoms with Gasteiger partial charge in [0.25, 0.3) is 0 Å². The first-order chi connectivity index (χ1) is 8.06. The van der Waals surface area contributed by atoms with E-state index in [1.54, 1.807) is 19.1 Å². The molecule has 1 N–H and O–H groups in total. The number of hydrogen-bond donors (Lipinski definition) is 1. The lowest BCUT2D eigenvalue weighted by Gasteiger charge is -2.03. The maximum Gasteiger partial charge on any atom is 0.338 e. The van der Waals surface area contributed by atoms with Gasteiger partial charge < -0.3 is 5.11 Å².